The fraction of sp³-hybridized carbons (Fsp3) is 0.308. The Hall–Kier alpha value is -1.95. The smallest absolute Gasteiger partial charge is 0.202 e. The second kappa shape index (κ2) is 4.62. The second-order valence-electron chi connectivity index (χ2n) is 4.53. The molecule has 19 heavy (non-hydrogen) atoms. The third-order valence-electron chi connectivity index (χ3n) is 3.11. The van der Waals surface area contributed by atoms with Crippen LogP contribution >= 0.6 is 11.5 Å². The number of fused-ring (bicyclic) bond motifs is 1. The minimum atomic E-state index is 0.652. The molecule has 0 spiro atoms. The number of hydrogen-bond acceptors (Lipinski definition) is 5. The zero-order chi connectivity index (χ0) is 13.4. The number of rotatable bonds is 3. The summed E-state index contributed by atoms with van der Waals surface area (Å²) in [7, 11) is 2.05. The molecule has 1 aromatic carbocycles. The molecule has 0 saturated heterocycles. The predicted octanol–water partition coefficient (Wildman–Crippen LogP) is 2.65. The molecular weight excluding hydrogens is 258 g/mol. The maximum atomic E-state index is 4.65. The molecular formula is C13H15N5S. The lowest BCUT2D eigenvalue weighted by molar-refractivity contribution is 0.832. The minimum absolute atomic E-state index is 0.652. The molecule has 0 aliphatic rings. The van der Waals surface area contributed by atoms with Gasteiger partial charge in [-0.25, -0.2) is 9.97 Å². The number of hydrogen-bond donors (Lipinski definition) is 1. The van der Waals surface area contributed by atoms with E-state index >= 15 is 0 Å². The predicted molar refractivity (Wildman–Crippen MR) is 77.4 cm³/mol. The number of anilines is 1. The van der Waals surface area contributed by atoms with Gasteiger partial charge in [0.1, 0.15) is 11.6 Å². The van der Waals surface area contributed by atoms with Crippen molar-refractivity contribution in [3.8, 4) is 0 Å². The van der Waals surface area contributed by atoms with Crippen molar-refractivity contribution in [1.29, 1.82) is 0 Å². The highest BCUT2D eigenvalue weighted by Crippen LogP contribution is 2.19. The van der Waals surface area contributed by atoms with Crippen LogP contribution in [0.1, 0.15) is 17.2 Å². The molecule has 2 aromatic heterocycles. The van der Waals surface area contributed by atoms with Gasteiger partial charge in [0.15, 0.2) is 0 Å². The van der Waals surface area contributed by atoms with E-state index in [2.05, 4.69) is 37.2 Å². The Bertz CT molecular complexity index is 728. The Labute approximate surface area is 115 Å². The highest BCUT2D eigenvalue weighted by atomic mass is 32.1. The maximum Gasteiger partial charge on any atom is 0.202 e. The van der Waals surface area contributed by atoms with Crippen molar-refractivity contribution >= 4 is 27.7 Å². The molecule has 0 aliphatic carbocycles. The number of para-hydroxylation sites is 1. The summed E-state index contributed by atoms with van der Waals surface area (Å²) in [5, 5.41) is 4.10. The van der Waals surface area contributed by atoms with Crippen LogP contribution in [0.2, 0.25) is 0 Å². The van der Waals surface area contributed by atoms with Crippen LogP contribution in [0, 0.1) is 13.8 Å². The van der Waals surface area contributed by atoms with Gasteiger partial charge < -0.3 is 9.88 Å². The number of aromatic nitrogens is 4. The van der Waals surface area contributed by atoms with Gasteiger partial charge in [0, 0.05) is 18.6 Å². The Morgan fingerprint density at radius 2 is 2.11 bits per heavy atom. The summed E-state index contributed by atoms with van der Waals surface area (Å²) in [6, 6.07) is 6.19. The first-order chi connectivity index (χ1) is 9.15. The molecule has 0 atom stereocenters. The molecule has 6 heteroatoms. The number of aryl methyl sites for hydroxylation is 3. The molecule has 0 bridgehead atoms. The first-order valence-corrected chi connectivity index (χ1v) is 6.87. The zero-order valence-electron chi connectivity index (χ0n) is 11.1. The quantitative estimate of drug-likeness (QED) is 0.797. The lowest BCUT2D eigenvalue weighted by atomic mass is 10.2. The highest BCUT2D eigenvalue weighted by molar-refractivity contribution is 7.09. The van der Waals surface area contributed by atoms with Gasteiger partial charge >= 0.3 is 0 Å². The second-order valence-corrected chi connectivity index (χ2v) is 5.28. The van der Waals surface area contributed by atoms with Crippen LogP contribution in [-0.2, 0) is 13.6 Å². The van der Waals surface area contributed by atoms with Crippen molar-refractivity contribution in [2.75, 3.05) is 5.32 Å². The number of benzene rings is 1. The fourth-order valence-electron chi connectivity index (χ4n) is 2.19. The topological polar surface area (TPSA) is 55.6 Å². The lowest BCUT2D eigenvalue weighted by Crippen LogP contribution is -2.05. The van der Waals surface area contributed by atoms with Crippen molar-refractivity contribution < 1.29 is 0 Å². The van der Waals surface area contributed by atoms with Crippen molar-refractivity contribution in [3.63, 3.8) is 0 Å². The monoisotopic (exact) mass is 273 g/mol. The maximum absolute atomic E-state index is 4.65. The molecule has 3 rings (SSSR count). The lowest BCUT2D eigenvalue weighted by Gasteiger charge is -2.04. The molecule has 0 fully saturated rings. The molecule has 0 radical (unpaired) electrons. The van der Waals surface area contributed by atoms with Crippen LogP contribution in [-0.4, -0.2) is 18.9 Å². The Balaban J connectivity index is 1.89. The van der Waals surface area contributed by atoms with E-state index in [0.717, 1.165) is 22.3 Å². The molecule has 98 valence electrons. The first kappa shape index (κ1) is 12.1. The van der Waals surface area contributed by atoms with Crippen molar-refractivity contribution in [2.45, 2.75) is 20.4 Å². The van der Waals surface area contributed by atoms with Gasteiger partial charge in [-0.2, -0.15) is 4.37 Å². The standard InChI is InChI=1S/C13H15N5S/c1-8-5-4-6-10-12(8)18(3)11(16-10)7-14-13-15-9(2)17-19-13/h4-6H,7H2,1-3H3,(H,14,15,17). The van der Waals surface area contributed by atoms with E-state index in [9.17, 15) is 0 Å². The Kier molecular flexibility index (Phi) is 2.94. The average Bonchev–Trinajstić information content (AvgIpc) is 2.92. The molecule has 0 saturated carbocycles. The van der Waals surface area contributed by atoms with Crippen LogP contribution in [0.3, 0.4) is 0 Å². The van der Waals surface area contributed by atoms with Gasteiger partial charge in [-0.1, -0.05) is 12.1 Å². The Morgan fingerprint density at radius 1 is 1.26 bits per heavy atom. The minimum Gasteiger partial charge on any atom is -0.353 e. The van der Waals surface area contributed by atoms with Gasteiger partial charge in [0.05, 0.1) is 17.6 Å². The van der Waals surface area contributed by atoms with Gasteiger partial charge in [-0.15, -0.1) is 0 Å². The van der Waals surface area contributed by atoms with Crippen LogP contribution < -0.4 is 5.32 Å². The summed E-state index contributed by atoms with van der Waals surface area (Å²) < 4.78 is 6.28. The van der Waals surface area contributed by atoms with Crippen LogP contribution in [0.25, 0.3) is 11.0 Å². The number of imidazole rings is 1. The summed E-state index contributed by atoms with van der Waals surface area (Å²) in [4.78, 5) is 8.94. The normalized spacial score (nSPS) is 11.1. The SMILES string of the molecule is Cc1nsc(NCc2nc3cccc(C)c3n2C)n1. The molecule has 1 N–H and O–H groups in total. The molecule has 0 amide bonds. The van der Waals surface area contributed by atoms with Crippen LogP contribution in [0.5, 0.6) is 0 Å². The summed E-state index contributed by atoms with van der Waals surface area (Å²) in [5.41, 5.74) is 3.46. The summed E-state index contributed by atoms with van der Waals surface area (Å²) >= 11 is 1.38. The van der Waals surface area contributed by atoms with Gasteiger partial charge in [-0.3, -0.25) is 0 Å². The largest absolute Gasteiger partial charge is 0.353 e. The van der Waals surface area contributed by atoms with E-state index in [1.165, 1.54) is 22.6 Å². The molecule has 2 heterocycles. The number of nitrogens with one attached hydrogen (secondary N) is 1. The van der Waals surface area contributed by atoms with Crippen LogP contribution in [0.15, 0.2) is 18.2 Å². The van der Waals surface area contributed by atoms with Gasteiger partial charge in [-0.05, 0) is 25.5 Å². The van der Waals surface area contributed by atoms with Crippen molar-refractivity contribution in [2.24, 2.45) is 7.05 Å². The van der Waals surface area contributed by atoms with E-state index in [1.54, 1.807) is 0 Å². The van der Waals surface area contributed by atoms with Gasteiger partial charge in [0.2, 0.25) is 5.13 Å². The third-order valence-corrected chi connectivity index (χ3v) is 3.88. The first-order valence-electron chi connectivity index (χ1n) is 6.10. The van der Waals surface area contributed by atoms with Crippen molar-refractivity contribution in [3.05, 3.63) is 35.4 Å². The summed E-state index contributed by atoms with van der Waals surface area (Å²) in [5.74, 6) is 1.80. The summed E-state index contributed by atoms with van der Waals surface area (Å²) in [6.45, 7) is 4.65. The molecule has 3 aromatic rings. The Morgan fingerprint density at radius 3 is 2.79 bits per heavy atom. The van der Waals surface area contributed by atoms with E-state index in [4.69, 9.17) is 0 Å². The molecule has 0 aliphatic heterocycles. The molecule has 5 nitrogen and oxygen atoms in total. The van der Waals surface area contributed by atoms with Crippen LogP contribution in [0.4, 0.5) is 5.13 Å². The number of nitrogens with zero attached hydrogens (tertiary/aromatic N) is 4. The van der Waals surface area contributed by atoms with Gasteiger partial charge in [0.25, 0.3) is 0 Å². The fourth-order valence-corrected chi connectivity index (χ4v) is 2.76. The average molecular weight is 273 g/mol. The van der Waals surface area contributed by atoms with E-state index in [-0.39, 0.29) is 0 Å². The third kappa shape index (κ3) is 2.19. The molecule has 0 unspecified atom stereocenters. The highest BCUT2D eigenvalue weighted by Gasteiger charge is 2.09. The summed E-state index contributed by atoms with van der Waals surface area (Å²) in [6.07, 6.45) is 0. The zero-order valence-corrected chi connectivity index (χ0v) is 12.0. The van der Waals surface area contributed by atoms with E-state index in [1.807, 2.05) is 26.1 Å². The van der Waals surface area contributed by atoms with E-state index < -0.39 is 0 Å². The van der Waals surface area contributed by atoms with Crippen molar-refractivity contribution in [1.82, 2.24) is 18.9 Å². The van der Waals surface area contributed by atoms with E-state index in [0.29, 0.717) is 6.54 Å².